The molecule has 40 nitrogen and oxygen atoms in total. The van der Waals surface area contributed by atoms with E-state index < -0.39 is 5.97 Å². The first-order chi connectivity index (χ1) is 71.0. The third-order valence-electron chi connectivity index (χ3n) is 19.1. The number of hydrogen-bond acceptors (Lipinski definition) is 39. The Morgan fingerprint density at radius 3 is 0.490 bits per heavy atom. The lowest BCUT2D eigenvalue weighted by Crippen LogP contribution is -2.17. The second-order valence-electron chi connectivity index (χ2n) is 33.0. The van der Waals surface area contributed by atoms with Gasteiger partial charge in [-0.15, -0.1) is 0 Å². The first-order valence-corrected chi connectivity index (χ1v) is 54.8. The van der Waals surface area contributed by atoms with Crippen LogP contribution in [0.3, 0.4) is 0 Å². The molecule has 3 rings (SSSR count). The summed E-state index contributed by atoms with van der Waals surface area (Å²) in [5, 5.41) is 9.15. The second kappa shape index (κ2) is 104. The van der Waals surface area contributed by atoms with Crippen LogP contribution in [0.5, 0.6) is 17.2 Å². The zero-order valence-corrected chi connectivity index (χ0v) is 95.9. The predicted molar refractivity (Wildman–Crippen MR) is 573 cm³/mol. The Morgan fingerprint density at radius 1 is 0.193 bits per heavy atom. The number of ether oxygens (including phenoxy) is 38. The molecule has 0 aliphatic heterocycles. The SMILES string of the molecule is CC(C)(C)c1cc(COCCOCCOCCOCCOCCOCCOCCOCCOCCOCCOCCOCCOCCOCCOCCOCCOCCOCCOCCOCCOCCOCCOCCOCCOCCOCCOCCOCCOCCOCCOCCOCCOCCOCCOCCOCCOc2c(I)cc(Oc3c(I)cc(CC(=O)O)cc3I)cc2I)cc(C(C)(C)C)c1. The molecule has 1 N–H and O–H groups in total. The highest BCUT2D eigenvalue weighted by Crippen LogP contribution is 2.38. The van der Waals surface area contributed by atoms with E-state index in [-0.39, 0.29) is 17.3 Å². The lowest BCUT2D eigenvalue weighted by Gasteiger charge is -2.26. The Labute approximate surface area is 916 Å². The van der Waals surface area contributed by atoms with Gasteiger partial charge in [-0.25, -0.2) is 0 Å². The van der Waals surface area contributed by atoms with Crippen molar-refractivity contribution in [2.75, 3.05) is 476 Å². The van der Waals surface area contributed by atoms with Crippen LogP contribution in [0.15, 0.2) is 42.5 Å². The largest absolute Gasteiger partial charge is 0.489 e. The predicted octanol–water partition coefficient (Wildman–Crippen LogP) is 10.3. The summed E-state index contributed by atoms with van der Waals surface area (Å²) in [4.78, 5) is 11.2. The van der Waals surface area contributed by atoms with E-state index >= 15 is 0 Å². The number of carbonyl (C=O) groups is 1. The number of benzene rings is 3. The maximum Gasteiger partial charge on any atom is 0.307 e. The molecule has 0 saturated carbocycles. The molecule has 3 aromatic carbocycles. The Morgan fingerprint density at radius 2 is 0.338 bits per heavy atom. The summed E-state index contributed by atoms with van der Waals surface area (Å²) < 4.78 is 217. The van der Waals surface area contributed by atoms with Crippen LogP contribution in [0.4, 0.5) is 0 Å². The number of hydrogen-bond donors (Lipinski definition) is 1. The molecule has 0 fully saturated rings. The highest BCUT2D eigenvalue weighted by Gasteiger charge is 2.22. The number of halogens is 4. The van der Waals surface area contributed by atoms with Gasteiger partial charge in [-0.2, -0.15) is 0 Å². The van der Waals surface area contributed by atoms with Gasteiger partial charge in [0.2, 0.25) is 0 Å². The highest BCUT2D eigenvalue weighted by atomic mass is 127. The number of carboxylic acid groups (broad SMARTS) is 1. The van der Waals surface area contributed by atoms with Gasteiger partial charge in [-0.1, -0.05) is 59.7 Å². The third-order valence-corrected chi connectivity index (χ3v) is 22.3. The van der Waals surface area contributed by atoms with Crippen molar-refractivity contribution < 1.29 is 190 Å². The van der Waals surface area contributed by atoms with Gasteiger partial charge >= 0.3 is 5.97 Å². The summed E-state index contributed by atoms with van der Waals surface area (Å²) in [5.74, 6) is 1.24. The summed E-state index contributed by atoms with van der Waals surface area (Å²) in [7, 11) is 0. The monoisotopic (exact) mass is 2530 g/mol. The molecule has 0 bridgehead atoms. The molecular formula is C101H174I4O40. The Kier molecular flexibility index (Phi) is 98.4. The van der Waals surface area contributed by atoms with Crippen LogP contribution >= 0.6 is 90.4 Å². The molecule has 0 heterocycles. The fraction of sp³-hybridized carbons (Fsp3) is 0.812. The molecule has 0 radical (unpaired) electrons. The zero-order valence-electron chi connectivity index (χ0n) is 87.2. The quantitative estimate of drug-likeness (QED) is 0.0405. The zero-order chi connectivity index (χ0) is 104. The van der Waals surface area contributed by atoms with Crippen molar-refractivity contribution in [3.05, 3.63) is 79.0 Å². The fourth-order valence-electron chi connectivity index (χ4n) is 11.6. The van der Waals surface area contributed by atoms with Gasteiger partial charge in [-0.05, 0) is 148 Å². The van der Waals surface area contributed by atoms with E-state index in [4.69, 9.17) is 185 Å². The Hall–Kier alpha value is -1.79. The van der Waals surface area contributed by atoms with Crippen molar-refractivity contribution in [2.45, 2.75) is 65.4 Å². The summed E-state index contributed by atoms with van der Waals surface area (Å²) in [6.07, 6.45) is -0.0398. The van der Waals surface area contributed by atoms with Gasteiger partial charge < -0.3 is 185 Å². The van der Waals surface area contributed by atoms with Crippen molar-refractivity contribution in [1.82, 2.24) is 0 Å². The number of carboxylic acids is 1. The molecule has 0 unspecified atom stereocenters. The normalized spacial score (nSPS) is 12.0. The maximum atomic E-state index is 11.2. The molecule has 44 heteroatoms. The minimum absolute atomic E-state index is 0.0398. The van der Waals surface area contributed by atoms with E-state index in [0.29, 0.717) is 494 Å². The van der Waals surface area contributed by atoms with E-state index in [1.54, 1.807) is 0 Å². The smallest absolute Gasteiger partial charge is 0.307 e. The molecule has 0 spiro atoms. The van der Waals surface area contributed by atoms with Crippen LogP contribution in [0, 0.1) is 14.3 Å². The molecular weight excluding hydrogens is 2360 g/mol. The van der Waals surface area contributed by atoms with E-state index in [2.05, 4.69) is 150 Å². The van der Waals surface area contributed by atoms with Gasteiger partial charge in [0.15, 0.2) is 5.75 Å². The van der Waals surface area contributed by atoms with Crippen molar-refractivity contribution in [2.24, 2.45) is 0 Å². The Bertz CT molecular complexity index is 3190. The maximum absolute atomic E-state index is 11.2. The molecule has 0 amide bonds. The van der Waals surface area contributed by atoms with Crippen LogP contribution in [0.2, 0.25) is 0 Å². The molecule has 0 aliphatic rings. The number of aliphatic carboxylic acids is 1. The van der Waals surface area contributed by atoms with Gasteiger partial charge in [0.25, 0.3) is 0 Å². The van der Waals surface area contributed by atoms with Gasteiger partial charge in [0, 0.05) is 0 Å². The molecule has 0 aromatic heterocycles. The summed E-state index contributed by atoms with van der Waals surface area (Å²) in [6, 6.07) is 14.3. The van der Waals surface area contributed by atoms with Gasteiger partial charge in [0.1, 0.15) is 18.1 Å². The minimum Gasteiger partial charge on any atom is -0.489 e. The van der Waals surface area contributed by atoms with E-state index in [1.165, 1.54) is 16.7 Å². The van der Waals surface area contributed by atoms with E-state index in [0.717, 1.165) is 25.6 Å². The van der Waals surface area contributed by atoms with Crippen molar-refractivity contribution in [1.29, 1.82) is 0 Å². The standard InChI is InChI=1S/C101H174I4O40/c1-100(2,3)90-79-89(80-91(84-90)101(4,5)6)87-143-76-75-141-72-71-139-68-67-137-64-63-135-60-59-133-56-55-131-52-51-129-48-47-127-44-43-125-40-39-123-36-35-121-32-31-119-28-27-117-24-23-115-20-19-113-16-15-111-12-11-109-8-7-108-9-10-110-13-14-112-17-18-114-21-22-116-25-26-118-29-30-120-33-34-122-37-38-124-41-42-126-45-46-128-49-50-130-53-54-132-57-58-134-61-62-136-65-66-138-69-70-140-73-74-142-77-78-144-98-95(104)85-92(86-96(98)105)145-99-93(102)81-88(82-94(99)103)83-97(106)107/h79-82,84-86H,7-78,83,87H2,1-6H3,(H,106,107). The molecule has 0 saturated heterocycles. The summed E-state index contributed by atoms with van der Waals surface area (Å²) >= 11 is 8.79. The lowest BCUT2D eigenvalue weighted by molar-refractivity contribution is -0.136. The number of rotatable bonds is 115. The molecule has 3 aromatic rings. The minimum atomic E-state index is -0.873. The van der Waals surface area contributed by atoms with Crippen LogP contribution in [0.1, 0.15) is 63.8 Å². The average Bonchev–Trinajstić information content (AvgIpc) is 0.811. The first-order valence-electron chi connectivity index (χ1n) is 50.5. The van der Waals surface area contributed by atoms with Crippen LogP contribution < -0.4 is 9.47 Å². The van der Waals surface area contributed by atoms with E-state index in [9.17, 15) is 4.79 Å². The topological polar surface area (TPSA) is 388 Å². The Balaban J connectivity index is 0.839. The van der Waals surface area contributed by atoms with Crippen molar-refractivity contribution in [3.63, 3.8) is 0 Å². The van der Waals surface area contributed by atoms with Gasteiger partial charge in [0.05, 0.1) is 496 Å². The summed E-state index contributed by atoms with van der Waals surface area (Å²) in [5.41, 5.74) is 4.74. The van der Waals surface area contributed by atoms with Crippen molar-refractivity contribution >= 4 is 96.3 Å². The highest BCUT2D eigenvalue weighted by molar-refractivity contribution is 14.1. The van der Waals surface area contributed by atoms with Crippen molar-refractivity contribution in [3.8, 4) is 17.2 Å². The molecule has 0 aliphatic carbocycles. The first kappa shape index (κ1) is 137. The fourth-order valence-corrected chi connectivity index (χ4v) is 15.7. The second-order valence-corrected chi connectivity index (χ2v) is 37.7. The average molecular weight is 2540 g/mol. The lowest BCUT2D eigenvalue weighted by atomic mass is 9.79. The third kappa shape index (κ3) is 91.1. The molecule has 846 valence electrons. The molecule has 145 heavy (non-hydrogen) atoms. The van der Waals surface area contributed by atoms with Crippen LogP contribution in [0.25, 0.3) is 0 Å². The molecule has 0 atom stereocenters. The van der Waals surface area contributed by atoms with Crippen LogP contribution in [-0.4, -0.2) is 487 Å². The van der Waals surface area contributed by atoms with Gasteiger partial charge in [-0.3, -0.25) is 4.79 Å². The van der Waals surface area contributed by atoms with Crippen LogP contribution in [-0.2, 0) is 199 Å². The summed E-state index contributed by atoms with van der Waals surface area (Å²) in [6.45, 7) is 48.1. The van der Waals surface area contributed by atoms with E-state index in [1.807, 2.05) is 24.3 Å².